The van der Waals surface area contributed by atoms with Crippen LogP contribution in [-0.2, 0) is 0 Å². The Morgan fingerprint density at radius 1 is 1.43 bits per heavy atom. The maximum atomic E-state index is 3.64. The number of hydrogen-bond donors (Lipinski definition) is 0. The minimum atomic E-state index is 0.821. The van der Waals surface area contributed by atoms with Crippen LogP contribution < -0.4 is 0 Å². The molecule has 14 heavy (non-hydrogen) atoms. The van der Waals surface area contributed by atoms with Crippen molar-refractivity contribution in [3.05, 3.63) is 0 Å². The third-order valence-electron chi connectivity index (χ3n) is 3.35. The normalized spacial score (nSPS) is 26.4. The Morgan fingerprint density at radius 2 is 2.21 bits per heavy atom. The zero-order valence-electron chi connectivity index (χ0n) is 9.64. The van der Waals surface area contributed by atoms with Gasteiger partial charge in [-0.05, 0) is 38.6 Å². The zero-order valence-corrected chi connectivity index (χ0v) is 11.2. The molecule has 1 saturated heterocycles. The van der Waals surface area contributed by atoms with Crippen LogP contribution in [0.15, 0.2) is 0 Å². The van der Waals surface area contributed by atoms with Crippen LogP contribution in [0.2, 0.25) is 0 Å². The highest BCUT2D eigenvalue weighted by atomic mass is 79.9. The number of nitrogens with zero attached hydrogens (tertiary/aromatic N) is 1. The summed E-state index contributed by atoms with van der Waals surface area (Å²) in [6.45, 7) is 7.31. The Bertz CT molecular complexity index is 149. The molecule has 2 heteroatoms. The molecule has 0 aliphatic carbocycles. The van der Waals surface area contributed by atoms with Crippen molar-refractivity contribution in [2.45, 2.75) is 52.0 Å². The molecular formula is C12H24BrN. The van der Waals surface area contributed by atoms with Gasteiger partial charge in [-0.2, -0.15) is 0 Å². The van der Waals surface area contributed by atoms with Gasteiger partial charge in [-0.25, -0.2) is 0 Å². The molecule has 2 unspecified atom stereocenters. The minimum Gasteiger partial charge on any atom is -0.300 e. The van der Waals surface area contributed by atoms with E-state index in [0.717, 1.165) is 12.0 Å². The van der Waals surface area contributed by atoms with E-state index in [-0.39, 0.29) is 0 Å². The minimum absolute atomic E-state index is 0.821. The summed E-state index contributed by atoms with van der Waals surface area (Å²) >= 11 is 3.64. The largest absolute Gasteiger partial charge is 0.300 e. The number of halogens is 1. The fourth-order valence-corrected chi connectivity index (χ4v) is 2.91. The first kappa shape index (κ1) is 12.5. The van der Waals surface area contributed by atoms with Crippen molar-refractivity contribution in [2.24, 2.45) is 5.92 Å². The van der Waals surface area contributed by atoms with Gasteiger partial charge < -0.3 is 4.90 Å². The van der Waals surface area contributed by atoms with Crippen molar-refractivity contribution < 1.29 is 0 Å². The van der Waals surface area contributed by atoms with Crippen molar-refractivity contribution in [1.82, 2.24) is 4.90 Å². The topological polar surface area (TPSA) is 3.24 Å². The van der Waals surface area contributed by atoms with E-state index in [0.29, 0.717) is 0 Å². The maximum Gasteiger partial charge on any atom is 0.00718 e. The summed E-state index contributed by atoms with van der Waals surface area (Å²) in [5.41, 5.74) is 0. The third-order valence-corrected chi connectivity index (χ3v) is 4.26. The van der Waals surface area contributed by atoms with Crippen LogP contribution in [-0.4, -0.2) is 29.4 Å². The lowest BCUT2D eigenvalue weighted by atomic mass is 9.99. The van der Waals surface area contributed by atoms with E-state index >= 15 is 0 Å². The van der Waals surface area contributed by atoms with Crippen LogP contribution in [0.4, 0.5) is 0 Å². The van der Waals surface area contributed by atoms with Crippen molar-refractivity contribution in [2.75, 3.05) is 18.4 Å². The lowest BCUT2D eigenvalue weighted by Gasteiger charge is -2.35. The first-order valence-electron chi connectivity index (χ1n) is 6.08. The molecule has 0 aromatic heterocycles. The first-order valence-corrected chi connectivity index (χ1v) is 7.20. The van der Waals surface area contributed by atoms with Crippen molar-refractivity contribution in [1.29, 1.82) is 0 Å². The molecule has 1 aliphatic heterocycles. The average Bonchev–Trinajstić information content (AvgIpc) is 2.20. The highest BCUT2D eigenvalue weighted by molar-refractivity contribution is 9.09. The molecule has 0 saturated carbocycles. The van der Waals surface area contributed by atoms with E-state index in [1.165, 1.54) is 50.5 Å². The second-order valence-electron chi connectivity index (χ2n) is 4.65. The Kier molecular flexibility index (Phi) is 6.11. The molecule has 0 radical (unpaired) electrons. The molecule has 1 fully saturated rings. The van der Waals surface area contributed by atoms with Gasteiger partial charge in [0.15, 0.2) is 0 Å². The molecule has 1 aliphatic rings. The molecule has 0 amide bonds. The van der Waals surface area contributed by atoms with E-state index < -0.39 is 0 Å². The smallest absolute Gasteiger partial charge is 0.00718 e. The van der Waals surface area contributed by atoms with Crippen LogP contribution in [0, 0.1) is 5.92 Å². The summed E-state index contributed by atoms with van der Waals surface area (Å²) in [5.74, 6) is 0.862. The predicted molar refractivity (Wildman–Crippen MR) is 67.1 cm³/mol. The van der Waals surface area contributed by atoms with Crippen LogP contribution in [0.5, 0.6) is 0 Å². The number of piperidine rings is 1. The van der Waals surface area contributed by atoms with Gasteiger partial charge in [-0.3, -0.25) is 0 Å². The standard InChI is InChI=1S/C12H24BrN/c1-3-6-12(9-13)10-14-8-5-4-7-11(14)2/h11-12H,3-10H2,1-2H3. The second kappa shape index (κ2) is 6.84. The third kappa shape index (κ3) is 3.90. The fourth-order valence-electron chi connectivity index (χ4n) is 2.39. The predicted octanol–water partition coefficient (Wildman–Crippen LogP) is 3.67. The number of rotatable bonds is 5. The van der Waals surface area contributed by atoms with Gasteiger partial charge in [0.1, 0.15) is 0 Å². The first-order chi connectivity index (χ1) is 6.77. The Labute approximate surface area is 97.4 Å². The molecule has 0 N–H and O–H groups in total. The van der Waals surface area contributed by atoms with Crippen LogP contribution in [0.1, 0.15) is 46.0 Å². The van der Waals surface area contributed by atoms with Crippen LogP contribution in [0.3, 0.4) is 0 Å². The number of alkyl halides is 1. The Morgan fingerprint density at radius 3 is 2.79 bits per heavy atom. The molecule has 1 heterocycles. The lowest BCUT2D eigenvalue weighted by Crippen LogP contribution is -2.40. The van der Waals surface area contributed by atoms with E-state index in [2.05, 4.69) is 34.7 Å². The molecule has 0 aromatic carbocycles. The van der Waals surface area contributed by atoms with Gasteiger partial charge in [0.2, 0.25) is 0 Å². The van der Waals surface area contributed by atoms with Crippen molar-refractivity contribution >= 4 is 15.9 Å². The highest BCUT2D eigenvalue weighted by Gasteiger charge is 2.20. The summed E-state index contributed by atoms with van der Waals surface area (Å²) < 4.78 is 0. The molecule has 0 bridgehead atoms. The molecule has 1 rings (SSSR count). The molecular weight excluding hydrogens is 238 g/mol. The van der Waals surface area contributed by atoms with Gasteiger partial charge in [0.05, 0.1) is 0 Å². The van der Waals surface area contributed by atoms with Gasteiger partial charge in [0.25, 0.3) is 0 Å². The second-order valence-corrected chi connectivity index (χ2v) is 5.30. The van der Waals surface area contributed by atoms with Gasteiger partial charge in [-0.1, -0.05) is 35.7 Å². The van der Waals surface area contributed by atoms with Crippen LogP contribution >= 0.6 is 15.9 Å². The van der Waals surface area contributed by atoms with E-state index in [9.17, 15) is 0 Å². The van der Waals surface area contributed by atoms with E-state index in [1.54, 1.807) is 0 Å². The van der Waals surface area contributed by atoms with Crippen LogP contribution in [0.25, 0.3) is 0 Å². The average molecular weight is 262 g/mol. The Hall–Kier alpha value is 0.440. The summed E-state index contributed by atoms with van der Waals surface area (Å²) in [6.07, 6.45) is 6.93. The number of hydrogen-bond acceptors (Lipinski definition) is 1. The van der Waals surface area contributed by atoms with Gasteiger partial charge >= 0.3 is 0 Å². The lowest BCUT2D eigenvalue weighted by molar-refractivity contribution is 0.139. The molecule has 2 atom stereocenters. The molecule has 0 spiro atoms. The van der Waals surface area contributed by atoms with E-state index in [4.69, 9.17) is 0 Å². The monoisotopic (exact) mass is 261 g/mol. The van der Waals surface area contributed by atoms with Crippen molar-refractivity contribution in [3.63, 3.8) is 0 Å². The highest BCUT2D eigenvalue weighted by Crippen LogP contribution is 2.20. The van der Waals surface area contributed by atoms with E-state index in [1.807, 2.05) is 0 Å². The quantitative estimate of drug-likeness (QED) is 0.683. The van der Waals surface area contributed by atoms with Gasteiger partial charge in [0, 0.05) is 17.9 Å². The molecule has 1 nitrogen and oxygen atoms in total. The summed E-state index contributed by atoms with van der Waals surface area (Å²) in [6, 6.07) is 0.821. The van der Waals surface area contributed by atoms with Gasteiger partial charge in [-0.15, -0.1) is 0 Å². The SMILES string of the molecule is CCCC(CBr)CN1CCCCC1C. The zero-order chi connectivity index (χ0) is 10.4. The fraction of sp³-hybridized carbons (Fsp3) is 1.00. The number of likely N-dealkylation sites (tertiary alicyclic amines) is 1. The summed E-state index contributed by atoms with van der Waals surface area (Å²) in [5, 5.41) is 1.17. The molecule has 0 aromatic rings. The molecule has 84 valence electrons. The van der Waals surface area contributed by atoms with Crippen molar-refractivity contribution in [3.8, 4) is 0 Å². The maximum absolute atomic E-state index is 3.64. The Balaban J connectivity index is 2.31. The summed E-state index contributed by atoms with van der Waals surface area (Å²) in [7, 11) is 0. The summed E-state index contributed by atoms with van der Waals surface area (Å²) in [4.78, 5) is 2.69.